The lowest BCUT2D eigenvalue weighted by atomic mass is 10.2. The van der Waals surface area contributed by atoms with Crippen LogP contribution >= 0.6 is 0 Å². The van der Waals surface area contributed by atoms with Crippen LogP contribution in [0.25, 0.3) is 0 Å². The highest BCUT2D eigenvalue weighted by Gasteiger charge is 2.25. The molecule has 0 aromatic heterocycles. The van der Waals surface area contributed by atoms with E-state index in [1.807, 2.05) is 30.3 Å². The Morgan fingerprint density at radius 3 is 2.18 bits per heavy atom. The first-order chi connectivity index (χ1) is 10.5. The van der Waals surface area contributed by atoms with Gasteiger partial charge in [0.15, 0.2) is 9.84 Å². The average molecular weight is 319 g/mol. The van der Waals surface area contributed by atoms with Gasteiger partial charge >= 0.3 is 6.09 Å². The highest BCUT2D eigenvalue weighted by atomic mass is 32.2. The van der Waals surface area contributed by atoms with E-state index in [0.29, 0.717) is 0 Å². The lowest BCUT2D eigenvalue weighted by molar-refractivity contribution is 0.139. The van der Waals surface area contributed by atoms with Crippen molar-refractivity contribution < 1.29 is 17.9 Å². The van der Waals surface area contributed by atoms with E-state index in [4.69, 9.17) is 4.74 Å². The molecule has 1 atom stereocenters. The summed E-state index contributed by atoms with van der Waals surface area (Å²) in [6.07, 6.45) is -0.768. The van der Waals surface area contributed by atoms with Crippen LogP contribution in [0.5, 0.6) is 0 Å². The van der Waals surface area contributed by atoms with Crippen LogP contribution in [0.15, 0.2) is 65.6 Å². The first kappa shape index (κ1) is 16.0. The number of amides is 1. The smallest absolute Gasteiger partial charge is 0.408 e. The molecule has 1 N–H and O–H groups in total. The molecule has 0 aliphatic heterocycles. The molecule has 0 fully saturated rings. The van der Waals surface area contributed by atoms with E-state index in [1.165, 1.54) is 19.1 Å². The number of nitrogens with one attached hydrogen (secondary N) is 1. The summed E-state index contributed by atoms with van der Waals surface area (Å²) < 4.78 is 29.6. The highest BCUT2D eigenvalue weighted by Crippen LogP contribution is 2.14. The Hall–Kier alpha value is -2.34. The van der Waals surface area contributed by atoms with E-state index in [1.54, 1.807) is 18.2 Å². The van der Waals surface area contributed by atoms with Crippen LogP contribution in [-0.2, 0) is 21.2 Å². The monoisotopic (exact) mass is 319 g/mol. The maximum atomic E-state index is 12.3. The van der Waals surface area contributed by atoms with Crippen molar-refractivity contribution in [1.29, 1.82) is 0 Å². The SMILES string of the molecule is CC(NC(=O)OCc1ccccc1)S(=O)(=O)c1ccccc1. The Kier molecular flexibility index (Phi) is 5.16. The van der Waals surface area contributed by atoms with Gasteiger partial charge in [0.1, 0.15) is 12.0 Å². The number of sulfone groups is 1. The van der Waals surface area contributed by atoms with Crippen molar-refractivity contribution in [3.63, 3.8) is 0 Å². The van der Waals surface area contributed by atoms with E-state index in [-0.39, 0.29) is 11.5 Å². The van der Waals surface area contributed by atoms with Crippen molar-refractivity contribution in [1.82, 2.24) is 5.32 Å². The number of carbonyl (C=O) groups is 1. The lowest BCUT2D eigenvalue weighted by Gasteiger charge is -2.15. The molecule has 0 saturated heterocycles. The predicted molar refractivity (Wildman–Crippen MR) is 82.9 cm³/mol. The lowest BCUT2D eigenvalue weighted by Crippen LogP contribution is -2.38. The van der Waals surface area contributed by atoms with Gasteiger partial charge in [-0.15, -0.1) is 0 Å². The minimum atomic E-state index is -3.63. The van der Waals surface area contributed by atoms with E-state index in [9.17, 15) is 13.2 Å². The Bertz CT molecular complexity index is 714. The molecular formula is C16H17NO4S. The van der Waals surface area contributed by atoms with E-state index >= 15 is 0 Å². The van der Waals surface area contributed by atoms with Gasteiger partial charge in [-0.1, -0.05) is 48.5 Å². The van der Waals surface area contributed by atoms with Crippen molar-refractivity contribution in [3.8, 4) is 0 Å². The van der Waals surface area contributed by atoms with Gasteiger partial charge in [-0.25, -0.2) is 13.2 Å². The van der Waals surface area contributed by atoms with Gasteiger partial charge in [-0.2, -0.15) is 0 Å². The van der Waals surface area contributed by atoms with Crippen LogP contribution in [0.2, 0.25) is 0 Å². The van der Waals surface area contributed by atoms with Gasteiger partial charge in [-0.3, -0.25) is 0 Å². The number of carbonyl (C=O) groups excluding carboxylic acids is 1. The number of benzene rings is 2. The van der Waals surface area contributed by atoms with Gasteiger partial charge in [0.25, 0.3) is 0 Å². The van der Waals surface area contributed by atoms with Crippen molar-refractivity contribution in [2.24, 2.45) is 0 Å². The molecule has 0 spiro atoms. The Balaban J connectivity index is 1.94. The molecule has 2 aromatic carbocycles. The van der Waals surface area contributed by atoms with E-state index in [2.05, 4.69) is 5.32 Å². The zero-order chi connectivity index (χ0) is 16.0. The summed E-state index contributed by atoms with van der Waals surface area (Å²) in [4.78, 5) is 11.9. The maximum Gasteiger partial charge on any atom is 0.408 e. The van der Waals surface area contributed by atoms with Gasteiger partial charge in [0.05, 0.1) is 4.90 Å². The summed E-state index contributed by atoms with van der Waals surface area (Å²) in [5, 5.41) is 1.27. The molecule has 0 saturated carbocycles. The standard InChI is InChI=1S/C16H17NO4S/c1-13(22(19,20)15-10-6-3-7-11-15)17-16(18)21-12-14-8-4-2-5-9-14/h2-11,13H,12H2,1H3,(H,17,18). The minimum absolute atomic E-state index is 0.0881. The van der Waals surface area contributed by atoms with E-state index < -0.39 is 21.3 Å². The normalized spacial score (nSPS) is 12.4. The summed E-state index contributed by atoms with van der Waals surface area (Å²) in [5.41, 5.74) is 0.830. The van der Waals surface area contributed by atoms with Crippen LogP contribution in [-0.4, -0.2) is 19.9 Å². The Labute approximate surface area is 129 Å². The molecule has 2 rings (SSSR count). The fraction of sp³-hybridized carbons (Fsp3) is 0.188. The Morgan fingerprint density at radius 2 is 1.59 bits per heavy atom. The molecule has 1 unspecified atom stereocenters. The number of hydrogen-bond acceptors (Lipinski definition) is 4. The zero-order valence-electron chi connectivity index (χ0n) is 12.1. The Morgan fingerprint density at radius 1 is 1.05 bits per heavy atom. The summed E-state index contributed by atoms with van der Waals surface area (Å²) in [7, 11) is -3.63. The maximum absolute atomic E-state index is 12.3. The molecule has 0 bridgehead atoms. The fourth-order valence-corrected chi connectivity index (χ4v) is 3.02. The summed E-state index contributed by atoms with van der Waals surface area (Å²) in [5.74, 6) is 0. The first-order valence-electron chi connectivity index (χ1n) is 6.76. The third-order valence-electron chi connectivity index (χ3n) is 3.07. The van der Waals surface area contributed by atoms with Gasteiger partial charge in [0, 0.05) is 0 Å². The highest BCUT2D eigenvalue weighted by molar-refractivity contribution is 7.92. The van der Waals surface area contributed by atoms with Crippen LogP contribution < -0.4 is 5.32 Å². The van der Waals surface area contributed by atoms with Crippen LogP contribution in [0.1, 0.15) is 12.5 Å². The molecule has 0 aliphatic carbocycles. The molecule has 0 aliphatic rings. The average Bonchev–Trinajstić information content (AvgIpc) is 2.54. The molecular weight excluding hydrogens is 302 g/mol. The van der Waals surface area contributed by atoms with Crippen molar-refractivity contribution in [2.75, 3.05) is 0 Å². The van der Waals surface area contributed by atoms with Crippen LogP contribution in [0.4, 0.5) is 4.79 Å². The molecule has 0 radical (unpaired) electrons. The molecule has 5 nitrogen and oxygen atoms in total. The third kappa shape index (κ3) is 4.08. The van der Waals surface area contributed by atoms with Crippen molar-refractivity contribution in [3.05, 3.63) is 66.2 Å². The molecule has 1 amide bonds. The zero-order valence-corrected chi connectivity index (χ0v) is 12.9. The summed E-state index contributed by atoms with van der Waals surface area (Å²) in [6, 6.07) is 17.1. The van der Waals surface area contributed by atoms with Gasteiger partial charge in [0.2, 0.25) is 0 Å². The van der Waals surface area contributed by atoms with E-state index in [0.717, 1.165) is 5.56 Å². The first-order valence-corrected chi connectivity index (χ1v) is 8.31. The number of alkyl carbamates (subject to hydrolysis) is 1. The number of hydrogen-bond donors (Lipinski definition) is 1. The molecule has 116 valence electrons. The van der Waals surface area contributed by atoms with Gasteiger partial charge < -0.3 is 10.1 Å². The number of ether oxygens (including phenoxy) is 1. The summed E-state index contributed by atoms with van der Waals surface area (Å²) >= 11 is 0. The third-order valence-corrected chi connectivity index (χ3v) is 5.05. The second-order valence-corrected chi connectivity index (χ2v) is 6.97. The molecule has 2 aromatic rings. The van der Waals surface area contributed by atoms with Crippen molar-refractivity contribution >= 4 is 15.9 Å². The second kappa shape index (κ2) is 7.09. The second-order valence-electron chi connectivity index (χ2n) is 4.71. The quantitative estimate of drug-likeness (QED) is 0.919. The molecule has 0 heterocycles. The molecule has 22 heavy (non-hydrogen) atoms. The fourth-order valence-electron chi connectivity index (χ4n) is 1.82. The van der Waals surface area contributed by atoms with Crippen LogP contribution in [0, 0.1) is 0 Å². The minimum Gasteiger partial charge on any atom is -0.445 e. The molecule has 6 heteroatoms. The van der Waals surface area contributed by atoms with Gasteiger partial charge in [-0.05, 0) is 24.6 Å². The largest absolute Gasteiger partial charge is 0.445 e. The van der Waals surface area contributed by atoms with Crippen LogP contribution in [0.3, 0.4) is 0 Å². The number of rotatable bonds is 5. The van der Waals surface area contributed by atoms with Crippen molar-refractivity contribution in [2.45, 2.75) is 23.8 Å². The predicted octanol–water partition coefficient (Wildman–Crippen LogP) is 2.73. The topological polar surface area (TPSA) is 72.5 Å². The summed E-state index contributed by atoms with van der Waals surface area (Å²) in [6.45, 7) is 1.50.